The van der Waals surface area contributed by atoms with Crippen LogP contribution in [0.4, 0.5) is 0 Å². The largest absolute Gasteiger partial charge is 0.497 e. The van der Waals surface area contributed by atoms with Crippen LogP contribution in [0.2, 0.25) is 0 Å². The summed E-state index contributed by atoms with van der Waals surface area (Å²) in [6.45, 7) is 6.49. The Morgan fingerprint density at radius 3 is 2.34 bits per heavy atom. The number of hydrogen-bond donors (Lipinski definition) is 0. The van der Waals surface area contributed by atoms with Gasteiger partial charge in [-0.1, -0.05) is 54.1 Å². The van der Waals surface area contributed by atoms with Gasteiger partial charge in [0.05, 0.1) is 13.7 Å². The molecule has 0 atom stereocenters. The minimum absolute atomic E-state index is 0.174. The zero-order valence-corrected chi connectivity index (χ0v) is 17.6. The smallest absolute Gasteiger partial charge is 0.306 e. The minimum atomic E-state index is -0.174. The van der Waals surface area contributed by atoms with Gasteiger partial charge in [0.1, 0.15) is 5.75 Å². The molecule has 0 spiro atoms. The fourth-order valence-corrected chi connectivity index (χ4v) is 3.62. The molecule has 0 heterocycles. The molecule has 0 aromatic heterocycles. The summed E-state index contributed by atoms with van der Waals surface area (Å²) in [6.07, 6.45) is 0.971. The predicted molar refractivity (Wildman–Crippen MR) is 118 cm³/mol. The summed E-state index contributed by atoms with van der Waals surface area (Å²) in [4.78, 5) is 11.8. The highest BCUT2D eigenvalue weighted by molar-refractivity contribution is 5.76. The van der Waals surface area contributed by atoms with E-state index in [4.69, 9.17) is 9.47 Å². The van der Waals surface area contributed by atoms with E-state index in [1.54, 1.807) is 7.11 Å². The summed E-state index contributed by atoms with van der Waals surface area (Å²) in [5.41, 5.74) is 8.28. The molecule has 0 radical (unpaired) electrons. The summed E-state index contributed by atoms with van der Waals surface area (Å²) < 4.78 is 10.5. The van der Waals surface area contributed by atoms with Crippen LogP contribution in [-0.2, 0) is 16.0 Å². The quantitative estimate of drug-likeness (QED) is 0.456. The highest BCUT2D eigenvalue weighted by atomic mass is 16.5. The van der Waals surface area contributed by atoms with Gasteiger partial charge >= 0.3 is 5.97 Å². The first-order valence-corrected chi connectivity index (χ1v) is 10.0. The van der Waals surface area contributed by atoms with E-state index >= 15 is 0 Å². The Morgan fingerprint density at radius 2 is 1.66 bits per heavy atom. The molecular weight excluding hydrogens is 360 g/mol. The highest BCUT2D eigenvalue weighted by Gasteiger charge is 2.12. The molecule has 0 N–H and O–H groups in total. The average molecular weight is 389 g/mol. The first-order chi connectivity index (χ1) is 14.0. The summed E-state index contributed by atoms with van der Waals surface area (Å²) in [6, 6.07) is 21.2. The van der Waals surface area contributed by atoms with E-state index in [1.165, 1.54) is 22.3 Å². The van der Waals surface area contributed by atoms with Crippen LogP contribution in [0, 0.1) is 13.8 Å². The number of methoxy groups -OCH3 is 1. The predicted octanol–water partition coefficient (Wildman–Crippen LogP) is 6.14. The molecule has 150 valence electrons. The minimum Gasteiger partial charge on any atom is -0.497 e. The summed E-state index contributed by atoms with van der Waals surface area (Å²) in [5.74, 6) is 0.618. The van der Waals surface area contributed by atoms with E-state index in [0.717, 1.165) is 22.4 Å². The Balaban J connectivity index is 1.95. The molecule has 0 aliphatic carbocycles. The van der Waals surface area contributed by atoms with E-state index in [1.807, 2.05) is 19.1 Å². The van der Waals surface area contributed by atoms with Gasteiger partial charge in [-0.15, -0.1) is 0 Å². The number of carbonyl (C=O) groups excluding carboxylic acids is 1. The lowest BCUT2D eigenvalue weighted by molar-refractivity contribution is -0.143. The maximum atomic E-state index is 11.8. The van der Waals surface area contributed by atoms with Crippen molar-refractivity contribution in [3.05, 3.63) is 77.4 Å². The lowest BCUT2D eigenvalue weighted by atomic mass is 9.92. The van der Waals surface area contributed by atoms with Gasteiger partial charge in [-0.05, 0) is 72.7 Å². The van der Waals surface area contributed by atoms with Gasteiger partial charge in [0.15, 0.2) is 0 Å². The van der Waals surface area contributed by atoms with Gasteiger partial charge < -0.3 is 9.47 Å². The normalized spacial score (nSPS) is 10.6. The van der Waals surface area contributed by atoms with Crippen molar-refractivity contribution in [3.63, 3.8) is 0 Å². The summed E-state index contributed by atoms with van der Waals surface area (Å²) in [7, 11) is 1.66. The van der Waals surface area contributed by atoms with Crippen molar-refractivity contribution >= 4 is 5.97 Å². The zero-order chi connectivity index (χ0) is 20.8. The standard InChI is InChI=1S/C26H28O3/c1-5-29-26(27)14-10-22-17-23(28-4)11-13-25(22)21-9-12-24(19(3)16-21)20-8-6-7-18(2)15-20/h6-9,11-13,15-17H,5,10,14H2,1-4H3. The maximum absolute atomic E-state index is 11.8. The van der Waals surface area contributed by atoms with Crippen molar-refractivity contribution in [1.29, 1.82) is 0 Å². The number of rotatable bonds is 7. The maximum Gasteiger partial charge on any atom is 0.306 e. The second-order valence-corrected chi connectivity index (χ2v) is 7.23. The van der Waals surface area contributed by atoms with E-state index in [-0.39, 0.29) is 5.97 Å². The topological polar surface area (TPSA) is 35.5 Å². The molecule has 0 bridgehead atoms. The van der Waals surface area contributed by atoms with Crippen molar-refractivity contribution in [2.45, 2.75) is 33.6 Å². The lowest BCUT2D eigenvalue weighted by Gasteiger charge is -2.14. The first kappa shape index (κ1) is 20.7. The Labute approximate surface area is 173 Å². The molecule has 0 unspecified atom stereocenters. The molecule has 0 saturated carbocycles. The molecule has 0 saturated heterocycles. The van der Waals surface area contributed by atoms with Gasteiger partial charge in [0, 0.05) is 6.42 Å². The van der Waals surface area contributed by atoms with Gasteiger partial charge in [-0.3, -0.25) is 4.79 Å². The molecule has 3 aromatic rings. The Bertz CT molecular complexity index is 1000. The summed E-state index contributed by atoms with van der Waals surface area (Å²) >= 11 is 0. The number of esters is 1. The SMILES string of the molecule is CCOC(=O)CCc1cc(OC)ccc1-c1ccc(-c2cccc(C)c2)c(C)c1. The molecule has 3 nitrogen and oxygen atoms in total. The Hall–Kier alpha value is -3.07. The van der Waals surface area contributed by atoms with Crippen LogP contribution in [0.5, 0.6) is 5.75 Å². The number of carbonyl (C=O) groups is 1. The van der Waals surface area contributed by atoms with Crippen LogP contribution in [0.25, 0.3) is 22.3 Å². The molecule has 0 fully saturated rings. The van der Waals surface area contributed by atoms with Crippen LogP contribution in [-0.4, -0.2) is 19.7 Å². The van der Waals surface area contributed by atoms with E-state index < -0.39 is 0 Å². The molecular formula is C26H28O3. The molecule has 29 heavy (non-hydrogen) atoms. The van der Waals surface area contributed by atoms with E-state index in [2.05, 4.69) is 62.4 Å². The van der Waals surface area contributed by atoms with Crippen molar-refractivity contribution in [1.82, 2.24) is 0 Å². The average Bonchev–Trinajstić information content (AvgIpc) is 2.72. The molecule has 3 aromatic carbocycles. The van der Waals surface area contributed by atoms with Gasteiger partial charge in [-0.25, -0.2) is 0 Å². The monoisotopic (exact) mass is 388 g/mol. The second-order valence-electron chi connectivity index (χ2n) is 7.23. The van der Waals surface area contributed by atoms with Crippen molar-refractivity contribution in [3.8, 4) is 28.0 Å². The third-order valence-corrected chi connectivity index (χ3v) is 5.08. The summed E-state index contributed by atoms with van der Waals surface area (Å²) in [5, 5.41) is 0. The number of hydrogen-bond acceptors (Lipinski definition) is 3. The second kappa shape index (κ2) is 9.42. The van der Waals surface area contributed by atoms with Crippen LogP contribution < -0.4 is 4.74 Å². The molecule has 0 aliphatic heterocycles. The first-order valence-electron chi connectivity index (χ1n) is 10.0. The third-order valence-electron chi connectivity index (χ3n) is 5.08. The van der Waals surface area contributed by atoms with Crippen molar-refractivity contribution in [2.75, 3.05) is 13.7 Å². The number of benzene rings is 3. The molecule has 0 amide bonds. The fourth-order valence-electron chi connectivity index (χ4n) is 3.62. The molecule has 3 heteroatoms. The third kappa shape index (κ3) is 5.05. The van der Waals surface area contributed by atoms with Crippen LogP contribution in [0.1, 0.15) is 30.0 Å². The van der Waals surface area contributed by atoms with Crippen LogP contribution in [0.3, 0.4) is 0 Å². The fraction of sp³-hybridized carbons (Fsp3) is 0.269. The Kier molecular flexibility index (Phi) is 6.71. The van der Waals surface area contributed by atoms with Gasteiger partial charge in [0.2, 0.25) is 0 Å². The van der Waals surface area contributed by atoms with Gasteiger partial charge in [-0.2, -0.15) is 0 Å². The Morgan fingerprint density at radius 1 is 0.897 bits per heavy atom. The number of ether oxygens (including phenoxy) is 2. The van der Waals surface area contributed by atoms with Crippen molar-refractivity contribution in [2.24, 2.45) is 0 Å². The lowest BCUT2D eigenvalue weighted by Crippen LogP contribution is -2.06. The molecule has 0 aliphatic rings. The zero-order valence-electron chi connectivity index (χ0n) is 17.6. The van der Waals surface area contributed by atoms with Crippen LogP contribution in [0.15, 0.2) is 60.7 Å². The van der Waals surface area contributed by atoms with E-state index in [9.17, 15) is 4.79 Å². The van der Waals surface area contributed by atoms with Crippen molar-refractivity contribution < 1.29 is 14.3 Å². The molecule has 3 rings (SSSR count). The van der Waals surface area contributed by atoms with E-state index in [0.29, 0.717) is 19.4 Å². The van der Waals surface area contributed by atoms with Gasteiger partial charge in [0.25, 0.3) is 0 Å². The highest BCUT2D eigenvalue weighted by Crippen LogP contribution is 2.32. The van der Waals surface area contributed by atoms with Crippen LogP contribution >= 0.6 is 0 Å². The number of aryl methyl sites for hydroxylation is 3.